The van der Waals surface area contributed by atoms with Gasteiger partial charge in [0.05, 0.1) is 12.7 Å². The van der Waals surface area contributed by atoms with Crippen LogP contribution in [0.1, 0.15) is 47.8 Å². The summed E-state index contributed by atoms with van der Waals surface area (Å²) in [5, 5.41) is 0.493. The second kappa shape index (κ2) is 9.84. The Balaban J connectivity index is 2.19. The van der Waals surface area contributed by atoms with Crippen LogP contribution in [0.3, 0.4) is 0 Å². The van der Waals surface area contributed by atoms with Gasteiger partial charge < -0.3 is 14.2 Å². The summed E-state index contributed by atoms with van der Waals surface area (Å²) in [6.07, 6.45) is 3.18. The maximum absolute atomic E-state index is 12.6. The van der Waals surface area contributed by atoms with Gasteiger partial charge in [0.25, 0.3) is 0 Å². The van der Waals surface area contributed by atoms with E-state index in [1.54, 1.807) is 45.0 Å². The van der Waals surface area contributed by atoms with Crippen LogP contribution < -0.4 is 9.47 Å². The number of allylic oxidation sites excluding steroid dienone is 1. The van der Waals surface area contributed by atoms with Crippen LogP contribution in [-0.2, 0) is 9.53 Å². The summed E-state index contributed by atoms with van der Waals surface area (Å²) in [4.78, 5) is 24.7. The number of carbonyl (C=O) groups is 2. The number of aryl methyl sites for hydroxylation is 2. The summed E-state index contributed by atoms with van der Waals surface area (Å²) < 4.78 is 16.2. The molecule has 0 aliphatic rings. The zero-order valence-corrected chi connectivity index (χ0v) is 19.4. The van der Waals surface area contributed by atoms with Crippen LogP contribution in [0.15, 0.2) is 48.7 Å². The van der Waals surface area contributed by atoms with Crippen LogP contribution in [0.25, 0.3) is 6.08 Å². The summed E-state index contributed by atoms with van der Waals surface area (Å²) in [5.74, 6) is 0.0345. The van der Waals surface area contributed by atoms with Crippen molar-refractivity contribution >= 4 is 29.4 Å². The summed E-state index contributed by atoms with van der Waals surface area (Å²) in [6, 6.07) is 8.58. The maximum Gasteiger partial charge on any atom is 0.374 e. The number of methoxy groups -OCH3 is 1. The average molecular weight is 443 g/mol. The predicted molar refractivity (Wildman–Crippen MR) is 123 cm³/mol. The lowest BCUT2D eigenvalue weighted by atomic mass is 10.0. The molecule has 5 nitrogen and oxygen atoms in total. The van der Waals surface area contributed by atoms with Gasteiger partial charge in [-0.2, -0.15) is 0 Å². The van der Waals surface area contributed by atoms with Gasteiger partial charge in [-0.05, 0) is 94.3 Å². The minimum Gasteiger partial charge on any atom is -0.496 e. The van der Waals surface area contributed by atoms with Crippen LogP contribution in [0.4, 0.5) is 0 Å². The molecule has 0 N–H and O–H groups in total. The van der Waals surface area contributed by atoms with Gasteiger partial charge in [0.1, 0.15) is 17.1 Å². The van der Waals surface area contributed by atoms with E-state index in [1.165, 1.54) is 13.2 Å². The van der Waals surface area contributed by atoms with Crippen molar-refractivity contribution in [1.82, 2.24) is 0 Å². The quantitative estimate of drug-likeness (QED) is 0.224. The fraction of sp³-hybridized carbons (Fsp3) is 0.280. The van der Waals surface area contributed by atoms with Gasteiger partial charge in [0, 0.05) is 5.02 Å². The molecule has 31 heavy (non-hydrogen) atoms. The third-order valence-corrected chi connectivity index (χ3v) is 4.43. The summed E-state index contributed by atoms with van der Waals surface area (Å²) >= 11 is 5.95. The highest BCUT2D eigenvalue weighted by molar-refractivity contribution is 6.31. The largest absolute Gasteiger partial charge is 0.496 e. The minimum atomic E-state index is -0.637. The number of benzene rings is 2. The third-order valence-electron chi connectivity index (χ3n) is 4.19. The number of ether oxygens (including phenoxy) is 3. The summed E-state index contributed by atoms with van der Waals surface area (Å²) in [7, 11) is 1.49. The lowest BCUT2D eigenvalue weighted by Crippen LogP contribution is -2.26. The Morgan fingerprint density at radius 2 is 1.68 bits per heavy atom. The van der Waals surface area contributed by atoms with E-state index in [4.69, 9.17) is 25.8 Å². The number of carbonyl (C=O) groups excluding carboxylic acids is 2. The molecule has 6 heteroatoms. The van der Waals surface area contributed by atoms with Gasteiger partial charge in [0.2, 0.25) is 5.76 Å². The van der Waals surface area contributed by atoms with Crippen molar-refractivity contribution in [3.8, 4) is 11.5 Å². The summed E-state index contributed by atoms with van der Waals surface area (Å²) in [6.45, 7) is 12.7. The van der Waals surface area contributed by atoms with E-state index in [0.717, 1.165) is 16.7 Å². The van der Waals surface area contributed by atoms with Crippen LogP contribution >= 0.6 is 11.6 Å². The molecule has 0 aliphatic heterocycles. The third kappa shape index (κ3) is 6.72. The first-order valence-corrected chi connectivity index (χ1v) is 10.1. The maximum atomic E-state index is 12.6. The van der Waals surface area contributed by atoms with E-state index in [0.29, 0.717) is 22.1 Å². The normalized spacial score (nSPS) is 11.3. The number of halogens is 1. The second-order valence-corrected chi connectivity index (χ2v) is 8.49. The molecule has 0 atom stereocenters. The van der Waals surface area contributed by atoms with Crippen molar-refractivity contribution < 1.29 is 23.8 Å². The van der Waals surface area contributed by atoms with E-state index in [9.17, 15) is 9.59 Å². The average Bonchev–Trinajstić information content (AvgIpc) is 2.67. The highest BCUT2D eigenvalue weighted by Gasteiger charge is 2.21. The molecule has 2 aromatic carbocycles. The molecule has 0 bridgehead atoms. The molecule has 0 saturated carbocycles. The van der Waals surface area contributed by atoms with Crippen molar-refractivity contribution in [1.29, 1.82) is 0 Å². The van der Waals surface area contributed by atoms with Gasteiger partial charge in [-0.1, -0.05) is 17.7 Å². The van der Waals surface area contributed by atoms with Crippen LogP contribution in [0.5, 0.6) is 11.5 Å². The first-order chi connectivity index (χ1) is 14.4. The molecule has 0 heterocycles. The van der Waals surface area contributed by atoms with Crippen LogP contribution in [0, 0.1) is 13.8 Å². The Hall–Kier alpha value is -3.05. The van der Waals surface area contributed by atoms with Gasteiger partial charge in [-0.3, -0.25) is 4.79 Å². The topological polar surface area (TPSA) is 61.8 Å². The molecule has 0 saturated heterocycles. The Labute approximate surface area is 188 Å². The Morgan fingerprint density at radius 3 is 2.23 bits per heavy atom. The fourth-order valence-electron chi connectivity index (χ4n) is 2.87. The van der Waals surface area contributed by atoms with Crippen molar-refractivity contribution in [2.75, 3.05) is 7.11 Å². The highest BCUT2D eigenvalue weighted by atomic mass is 35.5. The molecular formula is C25H27ClO5. The SMILES string of the molecule is C=C(Oc1c(C)cc(/C=C/C(=O)c2ccc(Cl)cc2OC)cc1C)C(=O)OC(C)(C)C. The van der Waals surface area contributed by atoms with E-state index in [1.807, 2.05) is 26.0 Å². The molecule has 2 rings (SSSR count). The van der Waals surface area contributed by atoms with Crippen LogP contribution in [-0.4, -0.2) is 24.5 Å². The second-order valence-electron chi connectivity index (χ2n) is 8.05. The molecule has 0 aliphatic carbocycles. The summed E-state index contributed by atoms with van der Waals surface area (Å²) in [5.41, 5.74) is 2.18. The zero-order valence-electron chi connectivity index (χ0n) is 18.7. The molecule has 0 aromatic heterocycles. The Kier molecular flexibility index (Phi) is 7.69. The Morgan fingerprint density at radius 1 is 1.06 bits per heavy atom. The monoisotopic (exact) mass is 442 g/mol. The number of ketones is 1. The minimum absolute atomic E-state index is 0.0885. The molecule has 0 fully saturated rings. The number of hydrogen-bond acceptors (Lipinski definition) is 5. The standard InChI is InChI=1S/C25H27ClO5/c1-15-12-18(8-11-21(27)20-10-9-19(26)14-22(20)29-7)13-16(2)23(15)30-17(3)24(28)31-25(4,5)6/h8-14H,3H2,1-2,4-7H3/b11-8+. The van der Waals surface area contributed by atoms with Gasteiger partial charge in [0.15, 0.2) is 5.78 Å². The van der Waals surface area contributed by atoms with Crippen molar-refractivity contribution in [2.24, 2.45) is 0 Å². The van der Waals surface area contributed by atoms with Crippen molar-refractivity contribution in [3.63, 3.8) is 0 Å². The van der Waals surface area contributed by atoms with Gasteiger partial charge in [-0.15, -0.1) is 0 Å². The fourth-order valence-corrected chi connectivity index (χ4v) is 3.03. The molecule has 0 amide bonds. The first-order valence-electron chi connectivity index (χ1n) is 9.68. The lowest BCUT2D eigenvalue weighted by Gasteiger charge is -2.21. The van der Waals surface area contributed by atoms with Crippen molar-refractivity contribution in [2.45, 2.75) is 40.2 Å². The first kappa shape index (κ1) is 24.2. The van der Waals surface area contributed by atoms with E-state index < -0.39 is 11.6 Å². The van der Waals surface area contributed by atoms with Gasteiger partial charge >= 0.3 is 5.97 Å². The smallest absolute Gasteiger partial charge is 0.374 e. The number of hydrogen-bond donors (Lipinski definition) is 0. The van der Waals surface area contributed by atoms with Crippen molar-refractivity contribution in [3.05, 3.63) is 76.0 Å². The molecular weight excluding hydrogens is 416 g/mol. The van der Waals surface area contributed by atoms with Crippen LogP contribution in [0.2, 0.25) is 5.02 Å². The van der Waals surface area contributed by atoms with Gasteiger partial charge in [-0.25, -0.2) is 4.79 Å². The number of esters is 1. The molecule has 164 valence electrons. The highest BCUT2D eigenvalue weighted by Crippen LogP contribution is 2.28. The molecule has 2 aromatic rings. The predicted octanol–water partition coefficient (Wildman–Crippen LogP) is 6.10. The zero-order chi connectivity index (χ0) is 23.3. The molecule has 0 unspecified atom stereocenters. The van der Waals surface area contributed by atoms with E-state index in [2.05, 4.69) is 6.58 Å². The molecule has 0 spiro atoms. The number of rotatable bonds is 7. The van der Waals surface area contributed by atoms with E-state index >= 15 is 0 Å². The molecule has 0 radical (unpaired) electrons. The Bertz CT molecular complexity index is 1020. The lowest BCUT2D eigenvalue weighted by molar-refractivity contribution is -0.152. The van der Waals surface area contributed by atoms with E-state index in [-0.39, 0.29) is 11.5 Å².